The molecular weight excluding hydrogens is 272 g/mol. The Bertz CT molecular complexity index is 406. The van der Waals surface area contributed by atoms with E-state index in [1.54, 1.807) is 0 Å². The number of benzene rings is 1. The highest BCUT2D eigenvalue weighted by molar-refractivity contribution is 5.29. The molecule has 2 rings (SSSR count). The first kappa shape index (κ1) is 17.3. The van der Waals surface area contributed by atoms with E-state index in [9.17, 15) is 0 Å². The number of hydrogen-bond acceptors (Lipinski definition) is 2. The van der Waals surface area contributed by atoms with Crippen molar-refractivity contribution in [2.75, 3.05) is 6.61 Å². The second-order valence-electron chi connectivity index (χ2n) is 6.67. The molecule has 2 unspecified atom stereocenters. The summed E-state index contributed by atoms with van der Waals surface area (Å²) >= 11 is 0. The van der Waals surface area contributed by atoms with Gasteiger partial charge in [0.05, 0.1) is 6.61 Å². The van der Waals surface area contributed by atoms with Crippen molar-refractivity contribution in [3.8, 4) is 5.75 Å². The number of rotatable bonds is 8. The molecule has 1 saturated carbocycles. The van der Waals surface area contributed by atoms with Gasteiger partial charge in [-0.05, 0) is 48.8 Å². The van der Waals surface area contributed by atoms with Gasteiger partial charge in [0.15, 0.2) is 6.29 Å². The van der Waals surface area contributed by atoms with Gasteiger partial charge in [-0.1, -0.05) is 52.2 Å². The van der Waals surface area contributed by atoms with Crippen LogP contribution in [0, 0.1) is 5.92 Å². The molecular formula is C20H32O2. The Morgan fingerprint density at radius 2 is 1.68 bits per heavy atom. The lowest BCUT2D eigenvalue weighted by Crippen LogP contribution is -2.24. The van der Waals surface area contributed by atoms with Crippen molar-refractivity contribution >= 4 is 0 Å². The summed E-state index contributed by atoms with van der Waals surface area (Å²) in [5, 5.41) is 0. The highest BCUT2D eigenvalue weighted by atomic mass is 16.7. The van der Waals surface area contributed by atoms with E-state index in [2.05, 4.69) is 45.0 Å². The van der Waals surface area contributed by atoms with Crippen LogP contribution in [0.15, 0.2) is 24.3 Å². The van der Waals surface area contributed by atoms with Crippen LogP contribution in [0.2, 0.25) is 0 Å². The maximum absolute atomic E-state index is 6.01. The third kappa shape index (κ3) is 5.31. The highest BCUT2D eigenvalue weighted by Gasteiger charge is 2.16. The van der Waals surface area contributed by atoms with Gasteiger partial charge in [0.2, 0.25) is 0 Å². The molecule has 0 amide bonds. The average molecular weight is 304 g/mol. The van der Waals surface area contributed by atoms with E-state index in [0.29, 0.717) is 5.92 Å². The van der Waals surface area contributed by atoms with Crippen molar-refractivity contribution in [1.29, 1.82) is 0 Å². The summed E-state index contributed by atoms with van der Waals surface area (Å²) in [6, 6.07) is 8.51. The summed E-state index contributed by atoms with van der Waals surface area (Å²) in [4.78, 5) is 0. The van der Waals surface area contributed by atoms with Gasteiger partial charge in [0.25, 0.3) is 0 Å². The minimum atomic E-state index is -0.114. The van der Waals surface area contributed by atoms with Crippen LogP contribution in [0.3, 0.4) is 0 Å². The zero-order chi connectivity index (χ0) is 15.8. The van der Waals surface area contributed by atoms with Gasteiger partial charge >= 0.3 is 0 Å². The summed E-state index contributed by atoms with van der Waals surface area (Å²) in [5.74, 6) is 2.26. The Labute approximate surface area is 136 Å². The van der Waals surface area contributed by atoms with E-state index < -0.39 is 0 Å². The van der Waals surface area contributed by atoms with E-state index in [-0.39, 0.29) is 6.29 Å². The lowest BCUT2D eigenvalue weighted by Gasteiger charge is -2.25. The number of ether oxygens (including phenoxy) is 2. The summed E-state index contributed by atoms with van der Waals surface area (Å²) in [7, 11) is 0. The van der Waals surface area contributed by atoms with Gasteiger partial charge in [-0.15, -0.1) is 0 Å². The molecule has 1 aliphatic rings. The van der Waals surface area contributed by atoms with Gasteiger partial charge in [-0.2, -0.15) is 0 Å². The third-order valence-corrected chi connectivity index (χ3v) is 4.90. The van der Waals surface area contributed by atoms with Crippen molar-refractivity contribution in [2.24, 2.45) is 5.92 Å². The fourth-order valence-corrected chi connectivity index (χ4v) is 3.09. The molecule has 22 heavy (non-hydrogen) atoms. The van der Waals surface area contributed by atoms with Crippen LogP contribution in [-0.4, -0.2) is 12.9 Å². The largest absolute Gasteiger partial charge is 0.465 e. The summed E-state index contributed by atoms with van der Waals surface area (Å²) in [5.41, 5.74) is 1.38. The van der Waals surface area contributed by atoms with E-state index >= 15 is 0 Å². The molecule has 2 heteroatoms. The zero-order valence-electron chi connectivity index (χ0n) is 14.5. The first-order valence-electron chi connectivity index (χ1n) is 9.11. The number of hydrogen-bond donors (Lipinski definition) is 0. The molecule has 2 atom stereocenters. The van der Waals surface area contributed by atoms with E-state index in [1.807, 2.05) is 0 Å². The average Bonchev–Trinajstić information content (AvgIpc) is 2.59. The molecule has 0 aromatic heterocycles. The molecule has 1 aromatic rings. The zero-order valence-corrected chi connectivity index (χ0v) is 14.5. The molecule has 0 spiro atoms. The Balaban J connectivity index is 1.81. The second-order valence-corrected chi connectivity index (χ2v) is 6.67. The standard InChI is InChI=1S/C20H32O2/c1-4-16(3)18-11-13-19(14-12-18)22-20(5-2)21-15-17-9-7-6-8-10-17/h11-14,16-17,20H,4-10,15H2,1-3H3. The normalized spacial score (nSPS) is 18.9. The highest BCUT2D eigenvalue weighted by Crippen LogP contribution is 2.25. The minimum absolute atomic E-state index is 0.114. The Kier molecular flexibility index (Phi) is 7.24. The lowest BCUT2D eigenvalue weighted by atomic mass is 9.90. The lowest BCUT2D eigenvalue weighted by molar-refractivity contribution is -0.0957. The Morgan fingerprint density at radius 3 is 2.27 bits per heavy atom. The Hall–Kier alpha value is -1.02. The van der Waals surface area contributed by atoms with Gasteiger partial charge < -0.3 is 9.47 Å². The first-order chi connectivity index (χ1) is 10.7. The van der Waals surface area contributed by atoms with Gasteiger partial charge in [-0.3, -0.25) is 0 Å². The molecule has 124 valence electrons. The molecule has 1 fully saturated rings. The fourth-order valence-electron chi connectivity index (χ4n) is 3.09. The van der Waals surface area contributed by atoms with Crippen LogP contribution in [0.1, 0.15) is 77.2 Å². The first-order valence-corrected chi connectivity index (χ1v) is 9.11. The van der Waals surface area contributed by atoms with Crippen LogP contribution in [0.5, 0.6) is 5.75 Å². The molecule has 0 radical (unpaired) electrons. The molecule has 0 aliphatic heterocycles. The smallest absolute Gasteiger partial charge is 0.199 e. The Morgan fingerprint density at radius 1 is 1.00 bits per heavy atom. The molecule has 0 saturated heterocycles. The third-order valence-electron chi connectivity index (χ3n) is 4.90. The summed E-state index contributed by atoms with van der Waals surface area (Å²) in [6.07, 6.45) is 8.71. The van der Waals surface area contributed by atoms with Crippen LogP contribution in [-0.2, 0) is 4.74 Å². The van der Waals surface area contributed by atoms with Gasteiger partial charge in [0.1, 0.15) is 5.75 Å². The SMILES string of the molecule is CCC(OCC1CCCCC1)Oc1ccc(C(C)CC)cc1. The van der Waals surface area contributed by atoms with E-state index in [0.717, 1.165) is 24.7 Å². The predicted molar refractivity (Wildman–Crippen MR) is 92.4 cm³/mol. The van der Waals surface area contributed by atoms with Crippen LogP contribution in [0.4, 0.5) is 0 Å². The molecule has 0 bridgehead atoms. The monoisotopic (exact) mass is 304 g/mol. The fraction of sp³-hybridized carbons (Fsp3) is 0.700. The molecule has 2 nitrogen and oxygen atoms in total. The van der Waals surface area contributed by atoms with Gasteiger partial charge in [0, 0.05) is 6.42 Å². The molecule has 0 heterocycles. The molecule has 0 N–H and O–H groups in total. The van der Waals surface area contributed by atoms with Crippen molar-refractivity contribution < 1.29 is 9.47 Å². The second kappa shape index (κ2) is 9.19. The van der Waals surface area contributed by atoms with Crippen molar-refractivity contribution in [3.63, 3.8) is 0 Å². The van der Waals surface area contributed by atoms with E-state index in [4.69, 9.17) is 9.47 Å². The topological polar surface area (TPSA) is 18.5 Å². The van der Waals surface area contributed by atoms with Gasteiger partial charge in [-0.25, -0.2) is 0 Å². The molecule has 1 aromatic carbocycles. The summed E-state index contributed by atoms with van der Waals surface area (Å²) < 4.78 is 12.0. The quantitative estimate of drug-likeness (QED) is 0.556. The predicted octanol–water partition coefficient (Wildman–Crippen LogP) is 5.91. The van der Waals surface area contributed by atoms with Crippen LogP contribution in [0.25, 0.3) is 0 Å². The molecule has 1 aliphatic carbocycles. The van der Waals surface area contributed by atoms with Crippen LogP contribution < -0.4 is 4.74 Å². The minimum Gasteiger partial charge on any atom is -0.465 e. The van der Waals surface area contributed by atoms with Crippen molar-refractivity contribution in [2.45, 2.75) is 77.9 Å². The maximum Gasteiger partial charge on any atom is 0.199 e. The van der Waals surface area contributed by atoms with Crippen molar-refractivity contribution in [1.82, 2.24) is 0 Å². The summed E-state index contributed by atoms with van der Waals surface area (Å²) in [6.45, 7) is 7.46. The van der Waals surface area contributed by atoms with Crippen molar-refractivity contribution in [3.05, 3.63) is 29.8 Å². The maximum atomic E-state index is 6.01. The van der Waals surface area contributed by atoms with Crippen LogP contribution >= 0.6 is 0 Å². The van der Waals surface area contributed by atoms with E-state index in [1.165, 1.54) is 44.1 Å².